The van der Waals surface area contributed by atoms with E-state index in [2.05, 4.69) is 0 Å². The number of benzene rings is 1. The molecule has 0 atom stereocenters. The minimum absolute atomic E-state index is 0.000345. The van der Waals surface area contributed by atoms with Gasteiger partial charge in [0.1, 0.15) is 17.3 Å². The number of morpholine rings is 1. The molecule has 0 aliphatic carbocycles. The highest BCUT2D eigenvalue weighted by Gasteiger charge is 2.30. The molecular weight excluding hydrogens is 405 g/mol. The summed E-state index contributed by atoms with van der Waals surface area (Å²) < 4.78 is 42.2. The summed E-state index contributed by atoms with van der Waals surface area (Å²) in [6.45, 7) is 0.903. The van der Waals surface area contributed by atoms with Crippen molar-refractivity contribution in [2.75, 3.05) is 26.3 Å². The van der Waals surface area contributed by atoms with Crippen molar-refractivity contribution in [3.05, 3.63) is 51.9 Å². The van der Waals surface area contributed by atoms with Crippen molar-refractivity contribution in [1.82, 2.24) is 4.31 Å². The Balaban J connectivity index is 1.87. The number of carbonyl (C=O) groups is 1. The van der Waals surface area contributed by atoms with Crippen molar-refractivity contribution in [3.63, 3.8) is 0 Å². The van der Waals surface area contributed by atoms with Crippen LogP contribution in [0, 0.1) is 0 Å². The van der Waals surface area contributed by atoms with Crippen LogP contribution in [0.3, 0.4) is 0 Å². The van der Waals surface area contributed by atoms with Crippen LogP contribution in [0.1, 0.15) is 16.1 Å². The van der Waals surface area contributed by atoms with Crippen LogP contribution in [-0.2, 0) is 26.1 Å². The average molecular weight is 420 g/mol. The van der Waals surface area contributed by atoms with E-state index in [-0.39, 0.29) is 40.2 Å². The van der Waals surface area contributed by atoms with E-state index in [0.29, 0.717) is 19.0 Å². The Labute approximate surface area is 160 Å². The number of carbonyl (C=O) groups excluding carboxylic acids is 1. The zero-order valence-corrected chi connectivity index (χ0v) is 15.8. The first-order valence-electron chi connectivity index (χ1n) is 7.66. The minimum Gasteiger partial charge on any atom is -0.466 e. The van der Waals surface area contributed by atoms with Gasteiger partial charge in [0.2, 0.25) is 10.0 Å². The number of furan rings is 1. The highest BCUT2D eigenvalue weighted by atomic mass is 35.5. The fourth-order valence-corrected chi connectivity index (χ4v) is 4.65. The van der Waals surface area contributed by atoms with Crippen LogP contribution in [0.15, 0.2) is 39.8 Å². The quantitative estimate of drug-likeness (QED) is 0.692. The van der Waals surface area contributed by atoms with Crippen molar-refractivity contribution < 1.29 is 27.1 Å². The molecule has 1 saturated heterocycles. The molecule has 0 N–H and O–H groups in total. The molecule has 1 aromatic carbocycles. The van der Waals surface area contributed by atoms with Gasteiger partial charge in [-0.25, -0.2) is 13.2 Å². The van der Waals surface area contributed by atoms with Crippen LogP contribution < -0.4 is 0 Å². The molecule has 2 heterocycles. The number of nitrogens with zero attached hydrogens (tertiary/aromatic N) is 1. The van der Waals surface area contributed by atoms with Gasteiger partial charge in [0, 0.05) is 13.1 Å². The van der Waals surface area contributed by atoms with E-state index in [9.17, 15) is 13.2 Å². The summed E-state index contributed by atoms with van der Waals surface area (Å²) in [7, 11) is -3.89. The number of hydrogen-bond donors (Lipinski definition) is 0. The standard InChI is InChI=1S/C16H15Cl2NO6S/c17-13-9-14(18)15(26(21,22)19-3-6-23-7-4-19)8-12(13)16(20)25-10-11-2-1-5-24-11/h1-2,5,8-9H,3-4,6-7,10H2. The first-order valence-corrected chi connectivity index (χ1v) is 9.85. The molecule has 140 valence electrons. The Morgan fingerprint density at radius 1 is 1.19 bits per heavy atom. The lowest BCUT2D eigenvalue weighted by atomic mass is 10.2. The molecule has 3 rings (SSSR count). The molecule has 0 radical (unpaired) electrons. The van der Waals surface area contributed by atoms with Crippen LogP contribution in [0.4, 0.5) is 0 Å². The second-order valence-corrected chi connectivity index (χ2v) is 8.16. The molecule has 0 amide bonds. The Morgan fingerprint density at radius 2 is 1.92 bits per heavy atom. The topological polar surface area (TPSA) is 86.0 Å². The van der Waals surface area contributed by atoms with Crippen molar-refractivity contribution >= 4 is 39.2 Å². The fourth-order valence-electron chi connectivity index (χ4n) is 2.42. The smallest absolute Gasteiger partial charge is 0.340 e. The molecule has 26 heavy (non-hydrogen) atoms. The van der Waals surface area contributed by atoms with Gasteiger partial charge in [0.15, 0.2) is 0 Å². The zero-order chi connectivity index (χ0) is 18.7. The minimum atomic E-state index is -3.89. The summed E-state index contributed by atoms with van der Waals surface area (Å²) in [5.41, 5.74) is -0.0885. The zero-order valence-electron chi connectivity index (χ0n) is 13.5. The Bertz CT molecular complexity index is 892. The molecule has 7 nitrogen and oxygen atoms in total. The third-order valence-corrected chi connectivity index (χ3v) is 6.43. The van der Waals surface area contributed by atoms with Gasteiger partial charge in [-0.15, -0.1) is 0 Å². The summed E-state index contributed by atoms with van der Waals surface area (Å²) >= 11 is 12.1. The molecule has 2 aromatic rings. The number of esters is 1. The van der Waals surface area contributed by atoms with E-state index < -0.39 is 16.0 Å². The van der Waals surface area contributed by atoms with E-state index in [1.807, 2.05) is 0 Å². The SMILES string of the molecule is O=C(OCc1ccco1)c1cc(S(=O)(=O)N2CCOCC2)c(Cl)cc1Cl. The molecule has 0 saturated carbocycles. The van der Waals surface area contributed by atoms with Crippen molar-refractivity contribution in [3.8, 4) is 0 Å². The molecule has 1 aromatic heterocycles. The van der Waals surface area contributed by atoms with Gasteiger partial charge in [-0.2, -0.15) is 4.31 Å². The van der Waals surface area contributed by atoms with Crippen LogP contribution in [-0.4, -0.2) is 45.0 Å². The fraction of sp³-hybridized carbons (Fsp3) is 0.312. The first kappa shape index (κ1) is 19.2. The molecule has 1 fully saturated rings. The highest BCUT2D eigenvalue weighted by molar-refractivity contribution is 7.89. The lowest BCUT2D eigenvalue weighted by Crippen LogP contribution is -2.40. The van der Waals surface area contributed by atoms with Crippen molar-refractivity contribution in [1.29, 1.82) is 0 Å². The van der Waals surface area contributed by atoms with E-state index in [4.69, 9.17) is 37.1 Å². The van der Waals surface area contributed by atoms with E-state index in [0.717, 1.165) is 6.07 Å². The Hall–Kier alpha value is -1.58. The van der Waals surface area contributed by atoms with Gasteiger partial charge < -0.3 is 13.9 Å². The predicted octanol–water partition coefficient (Wildman–Crippen LogP) is 2.96. The van der Waals surface area contributed by atoms with Gasteiger partial charge in [-0.1, -0.05) is 23.2 Å². The van der Waals surface area contributed by atoms with Gasteiger partial charge in [-0.05, 0) is 24.3 Å². The number of sulfonamides is 1. The van der Waals surface area contributed by atoms with Gasteiger partial charge in [0.05, 0.1) is 35.1 Å². The van der Waals surface area contributed by atoms with Crippen molar-refractivity contribution in [2.45, 2.75) is 11.5 Å². The largest absolute Gasteiger partial charge is 0.466 e. The predicted molar refractivity (Wildman–Crippen MR) is 93.9 cm³/mol. The van der Waals surface area contributed by atoms with E-state index >= 15 is 0 Å². The first-order chi connectivity index (χ1) is 12.4. The summed E-state index contributed by atoms with van der Waals surface area (Å²) in [5.74, 6) is -0.328. The van der Waals surface area contributed by atoms with E-state index in [1.165, 1.54) is 16.6 Å². The summed E-state index contributed by atoms with van der Waals surface area (Å²) in [6.07, 6.45) is 1.45. The van der Waals surface area contributed by atoms with Crippen LogP contribution in [0.2, 0.25) is 10.0 Å². The maximum atomic E-state index is 12.8. The lowest BCUT2D eigenvalue weighted by Gasteiger charge is -2.26. The molecule has 0 spiro atoms. The normalized spacial score (nSPS) is 15.8. The highest BCUT2D eigenvalue weighted by Crippen LogP contribution is 2.31. The van der Waals surface area contributed by atoms with Crippen LogP contribution >= 0.6 is 23.2 Å². The average Bonchev–Trinajstić information content (AvgIpc) is 3.14. The van der Waals surface area contributed by atoms with Crippen molar-refractivity contribution in [2.24, 2.45) is 0 Å². The molecule has 10 heteroatoms. The maximum Gasteiger partial charge on any atom is 0.340 e. The van der Waals surface area contributed by atoms with Crippen LogP contribution in [0.25, 0.3) is 0 Å². The third-order valence-electron chi connectivity index (χ3n) is 3.75. The molecular formula is C16H15Cl2NO6S. The lowest BCUT2D eigenvalue weighted by molar-refractivity contribution is 0.0445. The molecule has 1 aliphatic heterocycles. The Kier molecular flexibility index (Phi) is 5.89. The molecule has 0 unspecified atom stereocenters. The summed E-state index contributed by atoms with van der Waals surface area (Å²) in [6, 6.07) is 5.66. The maximum absolute atomic E-state index is 12.8. The number of ether oxygens (including phenoxy) is 2. The number of rotatable bonds is 5. The second kappa shape index (κ2) is 7.98. The van der Waals surface area contributed by atoms with E-state index in [1.54, 1.807) is 12.1 Å². The van der Waals surface area contributed by atoms with Gasteiger partial charge >= 0.3 is 5.97 Å². The molecule has 1 aliphatic rings. The third kappa shape index (κ3) is 4.05. The van der Waals surface area contributed by atoms with Gasteiger partial charge in [-0.3, -0.25) is 0 Å². The number of halogens is 2. The Morgan fingerprint density at radius 3 is 2.58 bits per heavy atom. The second-order valence-electron chi connectivity index (χ2n) is 5.43. The van der Waals surface area contributed by atoms with Gasteiger partial charge in [0.25, 0.3) is 0 Å². The molecule has 0 bridgehead atoms. The number of hydrogen-bond acceptors (Lipinski definition) is 6. The summed E-state index contributed by atoms with van der Waals surface area (Å²) in [5, 5.41) is -0.0653. The summed E-state index contributed by atoms with van der Waals surface area (Å²) in [4.78, 5) is 12.1. The monoisotopic (exact) mass is 419 g/mol. The van der Waals surface area contributed by atoms with Crippen LogP contribution in [0.5, 0.6) is 0 Å².